The Morgan fingerprint density at radius 2 is 1.78 bits per heavy atom. The molecule has 0 bridgehead atoms. The molecule has 3 aromatic rings. The lowest BCUT2D eigenvalue weighted by Crippen LogP contribution is -2.11. The van der Waals surface area contributed by atoms with Crippen LogP contribution in [-0.4, -0.2) is 18.1 Å². The van der Waals surface area contributed by atoms with Crippen LogP contribution in [0.1, 0.15) is 10.4 Å². The van der Waals surface area contributed by atoms with Gasteiger partial charge in [0, 0.05) is 0 Å². The van der Waals surface area contributed by atoms with Gasteiger partial charge in [-0.2, -0.15) is 0 Å². The summed E-state index contributed by atoms with van der Waals surface area (Å²) in [5, 5.41) is -0.111. The molecule has 7 heteroatoms. The number of methoxy groups -OCH3 is 1. The Labute approximate surface area is 128 Å². The summed E-state index contributed by atoms with van der Waals surface area (Å²) >= 11 is 0. The molecule has 0 saturated heterocycles. The van der Waals surface area contributed by atoms with Crippen LogP contribution >= 0.6 is 0 Å². The molecule has 116 valence electrons. The van der Waals surface area contributed by atoms with Crippen LogP contribution in [0.2, 0.25) is 0 Å². The van der Waals surface area contributed by atoms with Crippen LogP contribution in [0, 0.1) is 11.6 Å². The molecule has 0 amide bonds. The molecule has 0 atom stereocenters. The Kier molecular flexibility index (Phi) is 3.61. The number of rotatable bonds is 2. The SMILES string of the molecule is COC(=O)c1cccc2nc(-c3c(F)cccc3F)oc(=O)c12. The monoisotopic (exact) mass is 317 g/mol. The number of nitrogens with zero attached hydrogens (tertiary/aromatic N) is 1. The minimum atomic E-state index is -0.936. The molecular formula is C16H9F2NO4. The molecule has 3 rings (SSSR count). The van der Waals surface area contributed by atoms with Crippen molar-refractivity contribution in [3.05, 3.63) is 64.0 Å². The topological polar surface area (TPSA) is 69.4 Å². The van der Waals surface area contributed by atoms with Crippen molar-refractivity contribution >= 4 is 16.9 Å². The highest BCUT2D eigenvalue weighted by atomic mass is 19.1. The van der Waals surface area contributed by atoms with Gasteiger partial charge in [-0.15, -0.1) is 0 Å². The lowest BCUT2D eigenvalue weighted by atomic mass is 10.1. The van der Waals surface area contributed by atoms with E-state index in [2.05, 4.69) is 9.72 Å². The van der Waals surface area contributed by atoms with E-state index in [-0.39, 0.29) is 16.5 Å². The summed E-state index contributed by atoms with van der Waals surface area (Å²) in [7, 11) is 1.17. The van der Waals surface area contributed by atoms with Gasteiger partial charge in [-0.25, -0.2) is 23.4 Å². The molecule has 2 aromatic carbocycles. The Morgan fingerprint density at radius 3 is 2.43 bits per heavy atom. The van der Waals surface area contributed by atoms with Crippen molar-refractivity contribution in [2.45, 2.75) is 0 Å². The second-order valence-electron chi connectivity index (χ2n) is 4.59. The fourth-order valence-corrected chi connectivity index (χ4v) is 2.21. The first-order chi connectivity index (χ1) is 11.0. The van der Waals surface area contributed by atoms with Crippen molar-refractivity contribution in [3.8, 4) is 11.5 Å². The number of carbonyl (C=O) groups excluding carboxylic acids is 1. The van der Waals surface area contributed by atoms with Crippen LogP contribution in [0.15, 0.2) is 45.6 Å². The molecule has 5 nitrogen and oxygen atoms in total. The van der Waals surface area contributed by atoms with Crippen LogP contribution < -0.4 is 5.63 Å². The van der Waals surface area contributed by atoms with Crippen molar-refractivity contribution in [1.29, 1.82) is 0 Å². The maximum Gasteiger partial charge on any atom is 0.347 e. The summed E-state index contributed by atoms with van der Waals surface area (Å²) in [5.74, 6) is -3.07. The van der Waals surface area contributed by atoms with Crippen LogP contribution in [0.5, 0.6) is 0 Å². The van der Waals surface area contributed by atoms with E-state index in [1.807, 2.05) is 0 Å². The zero-order chi connectivity index (χ0) is 16.6. The second-order valence-corrected chi connectivity index (χ2v) is 4.59. The summed E-state index contributed by atoms with van der Waals surface area (Å²) in [6.07, 6.45) is 0. The van der Waals surface area contributed by atoms with Gasteiger partial charge in [0.1, 0.15) is 22.6 Å². The van der Waals surface area contributed by atoms with Crippen LogP contribution in [0.3, 0.4) is 0 Å². The van der Waals surface area contributed by atoms with Crippen molar-refractivity contribution in [2.75, 3.05) is 7.11 Å². The average Bonchev–Trinajstić information content (AvgIpc) is 2.53. The number of esters is 1. The molecule has 1 aromatic heterocycles. The number of hydrogen-bond donors (Lipinski definition) is 0. The van der Waals surface area contributed by atoms with E-state index in [1.165, 1.54) is 31.4 Å². The first-order valence-electron chi connectivity index (χ1n) is 6.49. The van der Waals surface area contributed by atoms with Crippen LogP contribution in [-0.2, 0) is 4.74 Å². The zero-order valence-corrected chi connectivity index (χ0v) is 11.8. The van der Waals surface area contributed by atoms with E-state index in [0.717, 1.165) is 12.1 Å². The van der Waals surface area contributed by atoms with Crippen LogP contribution in [0.25, 0.3) is 22.4 Å². The second kappa shape index (κ2) is 5.60. The predicted molar refractivity (Wildman–Crippen MR) is 77.0 cm³/mol. The Morgan fingerprint density at radius 1 is 1.13 bits per heavy atom. The molecule has 0 N–H and O–H groups in total. The summed E-state index contributed by atoms with van der Waals surface area (Å²) < 4.78 is 37.1. The quantitative estimate of drug-likeness (QED) is 0.680. The van der Waals surface area contributed by atoms with Gasteiger partial charge in [0.15, 0.2) is 0 Å². The van der Waals surface area contributed by atoms with Gasteiger partial charge in [-0.3, -0.25) is 0 Å². The Balaban J connectivity index is 2.33. The maximum atomic E-state index is 13.8. The average molecular weight is 317 g/mol. The highest BCUT2D eigenvalue weighted by molar-refractivity contribution is 6.03. The summed E-state index contributed by atoms with van der Waals surface area (Å²) in [5.41, 5.74) is -1.45. The third-order valence-corrected chi connectivity index (χ3v) is 3.24. The van der Waals surface area contributed by atoms with Crippen molar-refractivity contribution in [2.24, 2.45) is 0 Å². The lowest BCUT2D eigenvalue weighted by Gasteiger charge is -2.06. The maximum absolute atomic E-state index is 13.8. The highest BCUT2D eigenvalue weighted by Crippen LogP contribution is 2.25. The molecule has 0 unspecified atom stereocenters. The predicted octanol–water partition coefficient (Wildman–Crippen LogP) is 2.92. The minimum Gasteiger partial charge on any atom is -0.465 e. The lowest BCUT2D eigenvalue weighted by molar-refractivity contribution is 0.0602. The fourth-order valence-electron chi connectivity index (χ4n) is 2.21. The standard InChI is InChI=1S/C16H9F2NO4/c1-22-15(20)8-4-2-7-11-12(8)16(21)23-14(19-11)13-9(17)5-3-6-10(13)18/h2-7H,1H3. The highest BCUT2D eigenvalue weighted by Gasteiger charge is 2.20. The first kappa shape index (κ1) is 14.8. The number of ether oxygens (including phenoxy) is 1. The number of halogens is 2. The van der Waals surface area contributed by atoms with Gasteiger partial charge in [0.25, 0.3) is 0 Å². The Bertz CT molecular complexity index is 961. The van der Waals surface area contributed by atoms with E-state index in [1.54, 1.807) is 0 Å². The third kappa shape index (κ3) is 2.46. The molecule has 0 fully saturated rings. The number of carbonyl (C=O) groups is 1. The molecule has 0 aliphatic carbocycles. The molecule has 0 spiro atoms. The van der Waals surface area contributed by atoms with E-state index in [4.69, 9.17) is 4.42 Å². The van der Waals surface area contributed by atoms with E-state index < -0.39 is 34.7 Å². The van der Waals surface area contributed by atoms with Gasteiger partial charge in [0.2, 0.25) is 5.89 Å². The fraction of sp³-hybridized carbons (Fsp3) is 0.0625. The molecule has 0 aliphatic rings. The minimum absolute atomic E-state index is 0.0354. The third-order valence-electron chi connectivity index (χ3n) is 3.24. The summed E-state index contributed by atoms with van der Waals surface area (Å²) in [6, 6.07) is 7.51. The smallest absolute Gasteiger partial charge is 0.347 e. The molecular weight excluding hydrogens is 308 g/mol. The van der Waals surface area contributed by atoms with Gasteiger partial charge >= 0.3 is 11.6 Å². The van der Waals surface area contributed by atoms with E-state index >= 15 is 0 Å². The first-order valence-corrected chi connectivity index (χ1v) is 6.49. The molecule has 0 radical (unpaired) electrons. The molecule has 1 heterocycles. The van der Waals surface area contributed by atoms with Gasteiger partial charge in [0.05, 0.1) is 18.2 Å². The van der Waals surface area contributed by atoms with Crippen molar-refractivity contribution in [3.63, 3.8) is 0 Å². The largest absolute Gasteiger partial charge is 0.465 e. The molecule has 0 saturated carbocycles. The van der Waals surface area contributed by atoms with Gasteiger partial charge in [-0.1, -0.05) is 12.1 Å². The summed E-state index contributed by atoms with van der Waals surface area (Å²) in [6.45, 7) is 0. The van der Waals surface area contributed by atoms with Gasteiger partial charge in [-0.05, 0) is 24.3 Å². The van der Waals surface area contributed by atoms with E-state index in [0.29, 0.717) is 0 Å². The van der Waals surface area contributed by atoms with Crippen molar-refractivity contribution < 1.29 is 22.7 Å². The number of aromatic nitrogens is 1. The number of fused-ring (bicyclic) bond motifs is 1. The normalized spacial score (nSPS) is 10.7. The zero-order valence-electron chi connectivity index (χ0n) is 11.8. The number of benzene rings is 2. The summed E-state index contributed by atoms with van der Waals surface area (Å²) in [4.78, 5) is 27.8. The Hall–Kier alpha value is -3.09. The van der Waals surface area contributed by atoms with Gasteiger partial charge < -0.3 is 9.15 Å². The van der Waals surface area contributed by atoms with Crippen molar-refractivity contribution in [1.82, 2.24) is 4.98 Å². The molecule has 23 heavy (non-hydrogen) atoms. The molecule has 0 aliphatic heterocycles. The number of hydrogen-bond acceptors (Lipinski definition) is 5. The van der Waals surface area contributed by atoms with E-state index in [9.17, 15) is 18.4 Å². The van der Waals surface area contributed by atoms with Crippen LogP contribution in [0.4, 0.5) is 8.78 Å².